The summed E-state index contributed by atoms with van der Waals surface area (Å²) in [4.78, 5) is 13.5. The van der Waals surface area contributed by atoms with E-state index in [1.807, 2.05) is 23.8 Å². The van der Waals surface area contributed by atoms with Crippen molar-refractivity contribution in [3.05, 3.63) is 77.5 Å². The van der Waals surface area contributed by atoms with Crippen molar-refractivity contribution in [2.45, 2.75) is 38.4 Å². The van der Waals surface area contributed by atoms with Gasteiger partial charge in [0.05, 0.1) is 30.4 Å². The first kappa shape index (κ1) is 22.1. The zero-order valence-corrected chi connectivity index (χ0v) is 18.5. The number of pyridine rings is 1. The molecule has 0 spiro atoms. The third-order valence-corrected chi connectivity index (χ3v) is 5.99. The highest BCUT2D eigenvalue weighted by molar-refractivity contribution is 5.59. The molecule has 0 bridgehead atoms. The molecule has 10 heteroatoms. The number of methoxy groups -OCH3 is 1. The minimum Gasteiger partial charge on any atom is -0.479 e. The van der Waals surface area contributed by atoms with E-state index in [4.69, 9.17) is 4.74 Å². The van der Waals surface area contributed by atoms with Crippen molar-refractivity contribution >= 4 is 0 Å². The van der Waals surface area contributed by atoms with Crippen LogP contribution in [0.25, 0.3) is 17.1 Å². The number of halogens is 4. The SMILES string of the molecule is COc1nc(-c2cn3c(n2)[C@H](c2ccc(F)cc2C(F)(F)F)CCC3)ccc1-n1cnc(C)c1. The number of nitrogens with zero attached hydrogens (tertiary/aromatic N) is 5. The second-order valence-electron chi connectivity index (χ2n) is 8.25. The summed E-state index contributed by atoms with van der Waals surface area (Å²) in [6, 6.07) is 6.46. The van der Waals surface area contributed by atoms with Gasteiger partial charge in [-0.3, -0.25) is 0 Å². The summed E-state index contributed by atoms with van der Waals surface area (Å²) < 4.78 is 63.8. The quantitative estimate of drug-likeness (QED) is 0.367. The first-order valence-corrected chi connectivity index (χ1v) is 10.7. The Kier molecular flexibility index (Phi) is 5.38. The first-order chi connectivity index (χ1) is 16.2. The number of alkyl halides is 3. The zero-order chi connectivity index (χ0) is 24.0. The largest absolute Gasteiger partial charge is 0.479 e. The van der Waals surface area contributed by atoms with E-state index >= 15 is 0 Å². The smallest absolute Gasteiger partial charge is 0.416 e. The van der Waals surface area contributed by atoms with Crippen molar-refractivity contribution in [3.63, 3.8) is 0 Å². The number of aromatic nitrogens is 5. The monoisotopic (exact) mass is 471 g/mol. The Morgan fingerprint density at radius 2 is 1.88 bits per heavy atom. The summed E-state index contributed by atoms with van der Waals surface area (Å²) in [5.74, 6) is -0.640. The maximum atomic E-state index is 13.7. The Morgan fingerprint density at radius 1 is 1.06 bits per heavy atom. The van der Waals surface area contributed by atoms with Crippen LogP contribution in [0.4, 0.5) is 17.6 Å². The number of hydrogen-bond acceptors (Lipinski definition) is 4. The molecule has 0 aliphatic carbocycles. The van der Waals surface area contributed by atoms with Gasteiger partial charge in [0.2, 0.25) is 5.88 Å². The Bertz CT molecular complexity index is 1360. The van der Waals surface area contributed by atoms with Crippen LogP contribution in [0.2, 0.25) is 0 Å². The van der Waals surface area contributed by atoms with Gasteiger partial charge in [0.25, 0.3) is 0 Å². The number of ether oxygens (including phenoxy) is 1. The zero-order valence-electron chi connectivity index (χ0n) is 18.5. The summed E-state index contributed by atoms with van der Waals surface area (Å²) in [5.41, 5.74) is 1.68. The van der Waals surface area contributed by atoms with Crippen molar-refractivity contribution in [1.82, 2.24) is 24.1 Å². The average molecular weight is 471 g/mol. The van der Waals surface area contributed by atoms with Crippen molar-refractivity contribution < 1.29 is 22.3 Å². The molecule has 1 aromatic carbocycles. The molecule has 0 saturated carbocycles. The summed E-state index contributed by atoms with van der Waals surface area (Å²) in [6.45, 7) is 2.51. The lowest BCUT2D eigenvalue weighted by atomic mass is 9.87. The van der Waals surface area contributed by atoms with Gasteiger partial charge < -0.3 is 13.9 Å². The molecule has 34 heavy (non-hydrogen) atoms. The summed E-state index contributed by atoms with van der Waals surface area (Å²) in [6.07, 6.45) is 1.81. The molecule has 4 aromatic rings. The highest BCUT2D eigenvalue weighted by atomic mass is 19.4. The predicted molar refractivity (Wildman–Crippen MR) is 116 cm³/mol. The average Bonchev–Trinajstić information content (AvgIpc) is 3.44. The van der Waals surface area contributed by atoms with Gasteiger partial charge in [-0.1, -0.05) is 6.07 Å². The number of rotatable bonds is 4. The summed E-state index contributed by atoms with van der Waals surface area (Å²) in [5, 5.41) is 0. The topological polar surface area (TPSA) is 57.8 Å². The maximum Gasteiger partial charge on any atom is 0.416 e. The van der Waals surface area contributed by atoms with E-state index in [9.17, 15) is 17.6 Å². The fraction of sp³-hybridized carbons (Fsp3) is 0.292. The van der Waals surface area contributed by atoms with Gasteiger partial charge in [0.15, 0.2) is 0 Å². The molecule has 1 atom stereocenters. The Balaban J connectivity index is 1.55. The Labute approximate surface area is 192 Å². The van der Waals surface area contributed by atoms with E-state index < -0.39 is 23.5 Å². The summed E-state index contributed by atoms with van der Waals surface area (Å²) in [7, 11) is 1.51. The molecule has 6 nitrogen and oxygen atoms in total. The molecule has 1 aliphatic rings. The van der Waals surface area contributed by atoms with Crippen LogP contribution in [0.15, 0.2) is 49.1 Å². The number of aryl methyl sites for hydroxylation is 2. The Hall–Kier alpha value is -3.69. The molecule has 0 unspecified atom stereocenters. The molecular formula is C24H21F4N5O. The third kappa shape index (κ3) is 3.93. The number of benzene rings is 1. The van der Waals surface area contributed by atoms with Gasteiger partial charge in [-0.15, -0.1) is 0 Å². The maximum absolute atomic E-state index is 13.7. The molecular weight excluding hydrogens is 450 g/mol. The van der Waals surface area contributed by atoms with Crippen LogP contribution < -0.4 is 4.74 Å². The molecule has 0 fully saturated rings. The molecule has 4 heterocycles. The van der Waals surface area contributed by atoms with Crippen LogP contribution in [0, 0.1) is 12.7 Å². The molecule has 0 amide bonds. The highest BCUT2D eigenvalue weighted by Gasteiger charge is 2.38. The van der Waals surface area contributed by atoms with E-state index in [-0.39, 0.29) is 5.56 Å². The van der Waals surface area contributed by atoms with Crippen LogP contribution in [0.5, 0.6) is 5.88 Å². The van der Waals surface area contributed by atoms with Gasteiger partial charge in [-0.2, -0.15) is 13.2 Å². The highest BCUT2D eigenvalue weighted by Crippen LogP contribution is 2.41. The molecule has 3 aromatic heterocycles. The molecule has 0 saturated heterocycles. The number of fused-ring (bicyclic) bond motifs is 1. The minimum atomic E-state index is -4.66. The number of imidazole rings is 2. The fourth-order valence-corrected chi connectivity index (χ4v) is 4.45. The van der Waals surface area contributed by atoms with E-state index in [0.29, 0.717) is 54.2 Å². The van der Waals surface area contributed by atoms with Gasteiger partial charge >= 0.3 is 6.18 Å². The number of hydrogen-bond donors (Lipinski definition) is 0. The van der Waals surface area contributed by atoms with Crippen LogP contribution in [-0.4, -0.2) is 31.2 Å². The first-order valence-electron chi connectivity index (χ1n) is 10.7. The van der Waals surface area contributed by atoms with Gasteiger partial charge in [0.1, 0.15) is 23.0 Å². The molecule has 176 valence electrons. The van der Waals surface area contributed by atoms with Crippen LogP contribution >= 0.6 is 0 Å². The lowest BCUT2D eigenvalue weighted by Gasteiger charge is -2.26. The van der Waals surface area contributed by atoms with Crippen molar-refractivity contribution in [2.24, 2.45) is 0 Å². The van der Waals surface area contributed by atoms with Crippen LogP contribution in [-0.2, 0) is 12.7 Å². The molecule has 1 aliphatic heterocycles. The standard InChI is InChI=1S/C24H21F4N5O/c1-14-11-33(13-29-14)21-8-7-19(31-23(21)34-2)20-12-32-9-3-4-17(22(32)30-20)16-6-5-15(25)10-18(16)24(26,27)28/h5-8,10-13,17H,3-4,9H2,1-2H3/t17-/m0/s1. The second kappa shape index (κ2) is 8.27. The van der Waals surface area contributed by atoms with E-state index in [2.05, 4.69) is 15.0 Å². The fourth-order valence-electron chi connectivity index (χ4n) is 4.45. The third-order valence-electron chi connectivity index (χ3n) is 5.99. The van der Waals surface area contributed by atoms with E-state index in [0.717, 1.165) is 11.8 Å². The van der Waals surface area contributed by atoms with Crippen molar-refractivity contribution in [1.29, 1.82) is 0 Å². The van der Waals surface area contributed by atoms with Gasteiger partial charge in [0, 0.05) is 24.9 Å². The molecule has 0 N–H and O–H groups in total. The summed E-state index contributed by atoms with van der Waals surface area (Å²) >= 11 is 0. The van der Waals surface area contributed by atoms with Crippen molar-refractivity contribution in [3.8, 4) is 23.0 Å². The minimum absolute atomic E-state index is 0.0309. The van der Waals surface area contributed by atoms with Crippen molar-refractivity contribution in [2.75, 3.05) is 7.11 Å². The van der Waals surface area contributed by atoms with Gasteiger partial charge in [-0.25, -0.2) is 19.3 Å². The lowest BCUT2D eigenvalue weighted by molar-refractivity contribution is -0.138. The predicted octanol–water partition coefficient (Wildman–Crippen LogP) is 5.53. The van der Waals surface area contributed by atoms with Crippen LogP contribution in [0.1, 0.15) is 41.4 Å². The lowest BCUT2D eigenvalue weighted by Crippen LogP contribution is -2.20. The van der Waals surface area contributed by atoms with E-state index in [1.54, 1.807) is 23.2 Å². The Morgan fingerprint density at radius 3 is 2.59 bits per heavy atom. The van der Waals surface area contributed by atoms with E-state index in [1.165, 1.54) is 13.2 Å². The molecule has 5 rings (SSSR count). The normalized spacial score (nSPS) is 15.9. The van der Waals surface area contributed by atoms with Crippen LogP contribution in [0.3, 0.4) is 0 Å². The molecule has 0 radical (unpaired) electrons. The second-order valence-corrected chi connectivity index (χ2v) is 8.25. The van der Waals surface area contributed by atoms with Gasteiger partial charge in [-0.05, 0) is 49.6 Å².